The molecule has 0 aliphatic rings. The summed E-state index contributed by atoms with van der Waals surface area (Å²) >= 11 is 1.16. The first-order valence-corrected chi connectivity index (χ1v) is 10.1. The summed E-state index contributed by atoms with van der Waals surface area (Å²) in [6.45, 7) is 1.87. The third-order valence-electron chi connectivity index (χ3n) is 4.27. The monoisotopic (exact) mass is 415 g/mol. The summed E-state index contributed by atoms with van der Waals surface area (Å²) in [4.78, 5) is 25.9. The standard InChI is InChI=1S/C22H17N5O2S/c1-14-8-9-18(28)15(12-14)19(29)13-30-22-25-20(16-6-2-4-10-23-16)21(26-27-22)17-7-3-5-11-24-17/h2-12,28H,13H2,1H3. The maximum atomic E-state index is 12.6. The van der Waals surface area contributed by atoms with E-state index in [1.54, 1.807) is 24.5 Å². The lowest BCUT2D eigenvalue weighted by atomic mass is 10.1. The van der Waals surface area contributed by atoms with Crippen LogP contribution in [0.25, 0.3) is 22.8 Å². The topological polar surface area (TPSA) is 102 Å². The average molecular weight is 415 g/mol. The molecule has 0 unspecified atom stereocenters. The van der Waals surface area contributed by atoms with E-state index in [1.807, 2.05) is 43.3 Å². The Labute approximate surface area is 177 Å². The number of hydrogen-bond donors (Lipinski definition) is 1. The third kappa shape index (κ3) is 4.33. The zero-order valence-corrected chi connectivity index (χ0v) is 16.9. The highest BCUT2D eigenvalue weighted by Gasteiger charge is 2.17. The number of phenols is 1. The molecule has 148 valence electrons. The molecule has 0 fully saturated rings. The third-order valence-corrected chi connectivity index (χ3v) is 5.10. The maximum Gasteiger partial charge on any atom is 0.210 e. The molecular formula is C22H17N5O2S. The van der Waals surface area contributed by atoms with Gasteiger partial charge in [0.1, 0.15) is 17.1 Å². The van der Waals surface area contributed by atoms with Gasteiger partial charge in [0.2, 0.25) is 5.16 Å². The largest absolute Gasteiger partial charge is 0.507 e. The lowest BCUT2D eigenvalue weighted by Crippen LogP contribution is -2.06. The Bertz CT molecular complexity index is 1190. The summed E-state index contributed by atoms with van der Waals surface area (Å²) in [6, 6.07) is 16.0. The van der Waals surface area contributed by atoms with Crippen molar-refractivity contribution in [1.29, 1.82) is 0 Å². The molecule has 4 aromatic rings. The van der Waals surface area contributed by atoms with Crippen LogP contribution in [0.2, 0.25) is 0 Å². The fourth-order valence-electron chi connectivity index (χ4n) is 2.81. The lowest BCUT2D eigenvalue weighted by molar-refractivity contribution is 0.102. The average Bonchev–Trinajstić information content (AvgIpc) is 2.80. The van der Waals surface area contributed by atoms with Gasteiger partial charge in [-0.05, 0) is 43.3 Å². The van der Waals surface area contributed by atoms with E-state index in [2.05, 4.69) is 25.1 Å². The van der Waals surface area contributed by atoms with Crippen LogP contribution in [0.5, 0.6) is 5.75 Å². The van der Waals surface area contributed by atoms with E-state index in [-0.39, 0.29) is 22.8 Å². The molecule has 3 aromatic heterocycles. The molecule has 0 saturated carbocycles. The van der Waals surface area contributed by atoms with Crippen molar-refractivity contribution in [1.82, 2.24) is 25.1 Å². The highest BCUT2D eigenvalue weighted by molar-refractivity contribution is 7.99. The number of benzene rings is 1. The zero-order valence-electron chi connectivity index (χ0n) is 16.1. The molecule has 0 saturated heterocycles. The first kappa shape index (κ1) is 19.7. The van der Waals surface area contributed by atoms with Crippen LogP contribution in [0, 0.1) is 6.92 Å². The van der Waals surface area contributed by atoms with Crippen molar-refractivity contribution in [3.05, 3.63) is 78.1 Å². The van der Waals surface area contributed by atoms with Gasteiger partial charge in [-0.15, -0.1) is 10.2 Å². The van der Waals surface area contributed by atoms with Crippen molar-refractivity contribution in [2.45, 2.75) is 12.1 Å². The van der Waals surface area contributed by atoms with Crippen molar-refractivity contribution in [2.75, 3.05) is 5.75 Å². The molecule has 0 aliphatic heterocycles. The summed E-state index contributed by atoms with van der Waals surface area (Å²) in [5.41, 5.74) is 3.51. The van der Waals surface area contributed by atoms with Crippen LogP contribution in [-0.2, 0) is 0 Å². The van der Waals surface area contributed by atoms with Crippen LogP contribution >= 0.6 is 11.8 Å². The molecule has 30 heavy (non-hydrogen) atoms. The van der Waals surface area contributed by atoms with Gasteiger partial charge in [0.15, 0.2) is 5.78 Å². The predicted molar refractivity (Wildman–Crippen MR) is 114 cm³/mol. The van der Waals surface area contributed by atoms with Gasteiger partial charge in [-0.2, -0.15) is 0 Å². The Hall–Kier alpha value is -3.65. The van der Waals surface area contributed by atoms with E-state index < -0.39 is 0 Å². The number of carbonyl (C=O) groups excluding carboxylic acids is 1. The molecule has 0 spiro atoms. The van der Waals surface area contributed by atoms with E-state index in [4.69, 9.17) is 0 Å². The molecule has 0 aliphatic carbocycles. The molecule has 7 nitrogen and oxygen atoms in total. The first-order valence-electron chi connectivity index (χ1n) is 9.15. The fourth-order valence-corrected chi connectivity index (χ4v) is 3.48. The fraction of sp³-hybridized carbons (Fsp3) is 0.0909. The highest BCUT2D eigenvalue weighted by atomic mass is 32.2. The normalized spacial score (nSPS) is 10.7. The summed E-state index contributed by atoms with van der Waals surface area (Å²) in [7, 11) is 0. The molecule has 1 N–H and O–H groups in total. The van der Waals surface area contributed by atoms with Crippen molar-refractivity contribution in [3.8, 4) is 28.5 Å². The Morgan fingerprint density at radius 3 is 2.30 bits per heavy atom. The number of aryl methyl sites for hydroxylation is 1. The van der Waals surface area contributed by atoms with Crippen LogP contribution < -0.4 is 0 Å². The SMILES string of the molecule is Cc1ccc(O)c(C(=O)CSc2nnc(-c3ccccn3)c(-c3ccccn3)n2)c1. The Morgan fingerprint density at radius 2 is 1.63 bits per heavy atom. The van der Waals surface area contributed by atoms with Gasteiger partial charge in [0.25, 0.3) is 0 Å². The van der Waals surface area contributed by atoms with Gasteiger partial charge in [0, 0.05) is 12.4 Å². The van der Waals surface area contributed by atoms with Gasteiger partial charge in [-0.3, -0.25) is 14.8 Å². The second kappa shape index (κ2) is 8.79. The second-order valence-corrected chi connectivity index (χ2v) is 7.40. The minimum Gasteiger partial charge on any atom is -0.507 e. The summed E-state index contributed by atoms with van der Waals surface area (Å²) in [5, 5.41) is 18.8. The number of hydrogen-bond acceptors (Lipinski definition) is 8. The number of rotatable bonds is 6. The Balaban J connectivity index is 1.63. The minimum absolute atomic E-state index is 0.0371. The highest BCUT2D eigenvalue weighted by Crippen LogP contribution is 2.28. The maximum absolute atomic E-state index is 12.6. The Kier molecular flexibility index (Phi) is 5.76. The molecule has 0 amide bonds. The van der Waals surface area contributed by atoms with Crippen molar-refractivity contribution in [3.63, 3.8) is 0 Å². The van der Waals surface area contributed by atoms with Gasteiger partial charge in [-0.1, -0.05) is 35.5 Å². The van der Waals surface area contributed by atoms with E-state index >= 15 is 0 Å². The summed E-state index contributed by atoms with van der Waals surface area (Å²) < 4.78 is 0. The van der Waals surface area contributed by atoms with Crippen molar-refractivity contribution < 1.29 is 9.90 Å². The van der Waals surface area contributed by atoms with Crippen molar-refractivity contribution in [2.24, 2.45) is 0 Å². The first-order chi connectivity index (χ1) is 14.6. The number of aromatic hydroxyl groups is 1. The number of ketones is 1. The lowest BCUT2D eigenvalue weighted by Gasteiger charge is -2.08. The predicted octanol–water partition coefficient (Wildman–Crippen LogP) is 3.98. The number of nitrogens with zero attached hydrogens (tertiary/aromatic N) is 5. The minimum atomic E-state index is -0.210. The number of thioether (sulfide) groups is 1. The summed E-state index contributed by atoms with van der Waals surface area (Å²) in [5.74, 6) is -0.175. The summed E-state index contributed by atoms with van der Waals surface area (Å²) in [6.07, 6.45) is 3.35. The number of aromatic nitrogens is 5. The quantitative estimate of drug-likeness (QED) is 0.373. The van der Waals surface area contributed by atoms with Crippen LogP contribution in [0.4, 0.5) is 0 Å². The molecular weight excluding hydrogens is 398 g/mol. The van der Waals surface area contributed by atoms with Gasteiger partial charge < -0.3 is 5.11 Å². The van der Waals surface area contributed by atoms with E-state index in [0.29, 0.717) is 27.9 Å². The van der Waals surface area contributed by atoms with Crippen LogP contribution in [-0.4, -0.2) is 41.8 Å². The molecule has 3 heterocycles. The smallest absolute Gasteiger partial charge is 0.210 e. The van der Waals surface area contributed by atoms with E-state index in [1.165, 1.54) is 6.07 Å². The van der Waals surface area contributed by atoms with Crippen molar-refractivity contribution >= 4 is 17.5 Å². The number of carbonyl (C=O) groups is 1. The zero-order chi connectivity index (χ0) is 20.9. The molecule has 0 atom stereocenters. The van der Waals surface area contributed by atoms with Gasteiger partial charge >= 0.3 is 0 Å². The number of phenolic OH excluding ortho intramolecular Hbond substituents is 1. The number of Topliss-reactive ketones (excluding diaryl/α,β-unsaturated/α-hetero) is 1. The molecule has 4 rings (SSSR count). The molecule has 0 bridgehead atoms. The van der Waals surface area contributed by atoms with Gasteiger partial charge in [-0.25, -0.2) is 4.98 Å². The molecule has 8 heteroatoms. The number of pyridine rings is 2. The molecule has 0 radical (unpaired) electrons. The Morgan fingerprint density at radius 1 is 0.933 bits per heavy atom. The molecule has 1 aromatic carbocycles. The van der Waals surface area contributed by atoms with Gasteiger partial charge in [0.05, 0.1) is 22.7 Å². The van der Waals surface area contributed by atoms with Crippen LogP contribution in [0.15, 0.2) is 72.1 Å². The second-order valence-electron chi connectivity index (χ2n) is 6.45. The van der Waals surface area contributed by atoms with E-state index in [0.717, 1.165) is 17.3 Å². The van der Waals surface area contributed by atoms with E-state index in [9.17, 15) is 9.90 Å². The van der Waals surface area contributed by atoms with Crippen LogP contribution in [0.1, 0.15) is 15.9 Å². The van der Waals surface area contributed by atoms with Crippen LogP contribution in [0.3, 0.4) is 0 Å².